The molecule has 10 heteroatoms. The van der Waals surface area contributed by atoms with Crippen LogP contribution in [0.2, 0.25) is 0 Å². The predicted octanol–water partition coefficient (Wildman–Crippen LogP) is 0.849. The summed E-state index contributed by atoms with van der Waals surface area (Å²) in [4.78, 5) is 38.8. The van der Waals surface area contributed by atoms with Crippen LogP contribution in [0.1, 0.15) is 45.4 Å². The Bertz CT molecular complexity index is 931. The van der Waals surface area contributed by atoms with E-state index >= 15 is 0 Å². The number of carbonyl (C=O) groups excluding carboxylic acids is 3. The van der Waals surface area contributed by atoms with Crippen LogP contribution in [0, 0.1) is 5.92 Å². The molecule has 9 nitrogen and oxygen atoms in total. The summed E-state index contributed by atoms with van der Waals surface area (Å²) in [5.41, 5.74) is 5.57. The van der Waals surface area contributed by atoms with Gasteiger partial charge in [0.25, 0.3) is 0 Å². The Kier molecular flexibility index (Phi) is 7.89. The van der Waals surface area contributed by atoms with Gasteiger partial charge in [0.2, 0.25) is 27.7 Å². The molecule has 2 aliphatic rings. The van der Waals surface area contributed by atoms with E-state index in [1.165, 1.54) is 30.4 Å². The molecule has 1 aromatic rings. The number of carbonyl (C=O) groups is 3. The number of sulfonamides is 1. The van der Waals surface area contributed by atoms with Gasteiger partial charge in [0, 0.05) is 26.6 Å². The molecule has 1 heterocycles. The number of nitrogens with two attached hydrogens (primary N) is 1. The third-order valence-corrected chi connectivity index (χ3v) is 8.31. The first-order chi connectivity index (χ1) is 15.2. The summed E-state index contributed by atoms with van der Waals surface area (Å²) in [5, 5.41) is 2.69. The lowest BCUT2D eigenvalue weighted by Crippen LogP contribution is -2.62. The van der Waals surface area contributed by atoms with Gasteiger partial charge < -0.3 is 16.0 Å². The fourth-order valence-electron chi connectivity index (χ4n) is 4.55. The first-order valence-electron chi connectivity index (χ1n) is 11.1. The van der Waals surface area contributed by atoms with Crippen molar-refractivity contribution in [3.8, 4) is 0 Å². The molecule has 0 radical (unpaired) electrons. The van der Waals surface area contributed by atoms with Crippen molar-refractivity contribution < 1.29 is 22.8 Å². The van der Waals surface area contributed by atoms with Crippen molar-refractivity contribution in [2.45, 2.75) is 62.4 Å². The van der Waals surface area contributed by atoms with Crippen LogP contribution in [0.25, 0.3) is 0 Å². The van der Waals surface area contributed by atoms with Crippen LogP contribution in [0.15, 0.2) is 35.2 Å². The minimum atomic E-state index is -3.97. The Morgan fingerprint density at radius 3 is 2.34 bits per heavy atom. The number of hydrogen-bond donors (Lipinski definition) is 2. The first kappa shape index (κ1) is 24.2. The summed E-state index contributed by atoms with van der Waals surface area (Å²) >= 11 is 0. The molecule has 3 amide bonds. The molecular weight excluding hydrogens is 432 g/mol. The van der Waals surface area contributed by atoms with Crippen molar-refractivity contribution in [1.82, 2.24) is 14.5 Å². The highest BCUT2D eigenvalue weighted by molar-refractivity contribution is 7.89. The molecule has 2 unspecified atom stereocenters. The summed E-state index contributed by atoms with van der Waals surface area (Å²) in [6, 6.07) is 5.85. The Hall–Kier alpha value is -2.46. The Labute approximate surface area is 189 Å². The molecule has 1 aliphatic carbocycles. The summed E-state index contributed by atoms with van der Waals surface area (Å²) in [5.74, 6) is -1.20. The van der Waals surface area contributed by atoms with Crippen LogP contribution in [-0.2, 0) is 24.4 Å². The number of rotatable bonds is 7. The second-order valence-electron chi connectivity index (χ2n) is 8.61. The number of hydrogen-bond acceptors (Lipinski definition) is 5. The molecule has 3 rings (SSSR count). The number of benzene rings is 1. The van der Waals surface area contributed by atoms with E-state index in [1.54, 1.807) is 18.2 Å². The van der Waals surface area contributed by atoms with E-state index in [9.17, 15) is 22.8 Å². The first-order valence-corrected chi connectivity index (χ1v) is 12.6. The van der Waals surface area contributed by atoms with Gasteiger partial charge >= 0.3 is 0 Å². The van der Waals surface area contributed by atoms with E-state index in [1.807, 2.05) is 0 Å². The maximum atomic E-state index is 13.3. The highest BCUT2D eigenvalue weighted by Crippen LogP contribution is 2.28. The monoisotopic (exact) mass is 464 g/mol. The second kappa shape index (κ2) is 10.4. The van der Waals surface area contributed by atoms with Crippen LogP contribution < -0.4 is 11.1 Å². The van der Waals surface area contributed by atoms with Gasteiger partial charge in [0.15, 0.2) is 0 Å². The van der Waals surface area contributed by atoms with Crippen LogP contribution in [0.5, 0.6) is 0 Å². The Balaban J connectivity index is 1.82. The predicted molar refractivity (Wildman–Crippen MR) is 119 cm³/mol. The quantitative estimate of drug-likeness (QED) is 0.618. The molecule has 2 atom stereocenters. The third kappa shape index (κ3) is 5.66. The molecule has 32 heavy (non-hydrogen) atoms. The van der Waals surface area contributed by atoms with Crippen molar-refractivity contribution in [3.05, 3.63) is 30.3 Å². The van der Waals surface area contributed by atoms with Crippen molar-refractivity contribution in [2.75, 3.05) is 19.6 Å². The normalized spacial score (nSPS) is 21.7. The molecule has 176 valence electrons. The number of nitrogens with zero attached hydrogens (tertiary/aromatic N) is 2. The third-order valence-electron chi connectivity index (χ3n) is 6.38. The van der Waals surface area contributed by atoms with Gasteiger partial charge in [-0.15, -0.1) is 0 Å². The second-order valence-corrected chi connectivity index (χ2v) is 10.5. The zero-order valence-electron chi connectivity index (χ0n) is 18.4. The maximum absolute atomic E-state index is 13.3. The highest BCUT2D eigenvalue weighted by atomic mass is 32.2. The SMILES string of the molecule is CC(=O)N1CCN(S(=O)(=O)c2ccccc2)C(C(=O)NC(CC2CCCCC2)C(N)=O)C1. The lowest BCUT2D eigenvalue weighted by molar-refractivity contribution is -0.136. The largest absolute Gasteiger partial charge is 0.368 e. The lowest BCUT2D eigenvalue weighted by atomic mass is 9.84. The van der Waals surface area contributed by atoms with Gasteiger partial charge in [-0.25, -0.2) is 8.42 Å². The average molecular weight is 465 g/mol. The summed E-state index contributed by atoms with van der Waals surface area (Å²) in [6.07, 6.45) is 5.74. The van der Waals surface area contributed by atoms with Gasteiger partial charge in [-0.05, 0) is 24.5 Å². The van der Waals surface area contributed by atoms with Gasteiger partial charge in [-0.1, -0.05) is 50.3 Å². The zero-order chi connectivity index (χ0) is 23.3. The van der Waals surface area contributed by atoms with E-state index in [0.717, 1.165) is 30.0 Å². The number of nitrogens with one attached hydrogen (secondary N) is 1. The van der Waals surface area contributed by atoms with Crippen LogP contribution in [0.4, 0.5) is 0 Å². The molecule has 1 saturated carbocycles. The minimum Gasteiger partial charge on any atom is -0.368 e. The highest BCUT2D eigenvalue weighted by Gasteiger charge is 2.41. The molecular formula is C22H32N4O5S. The summed E-state index contributed by atoms with van der Waals surface area (Å²) in [7, 11) is -3.97. The summed E-state index contributed by atoms with van der Waals surface area (Å²) in [6.45, 7) is 1.47. The van der Waals surface area contributed by atoms with Crippen molar-refractivity contribution in [2.24, 2.45) is 11.7 Å². The Morgan fingerprint density at radius 2 is 1.75 bits per heavy atom. The van der Waals surface area contributed by atoms with E-state index in [0.29, 0.717) is 12.3 Å². The van der Waals surface area contributed by atoms with E-state index in [-0.39, 0.29) is 30.4 Å². The molecule has 1 aromatic carbocycles. The minimum absolute atomic E-state index is 0.0151. The molecule has 0 bridgehead atoms. The fourth-order valence-corrected chi connectivity index (χ4v) is 6.14. The molecule has 3 N–H and O–H groups in total. The van der Waals surface area contributed by atoms with E-state index < -0.39 is 33.9 Å². The Morgan fingerprint density at radius 1 is 1.09 bits per heavy atom. The molecule has 0 aromatic heterocycles. The van der Waals surface area contributed by atoms with Crippen molar-refractivity contribution in [1.29, 1.82) is 0 Å². The van der Waals surface area contributed by atoms with Crippen LogP contribution in [-0.4, -0.2) is 67.1 Å². The molecule has 2 fully saturated rings. The number of amides is 3. The number of primary amides is 1. The van der Waals surface area contributed by atoms with Crippen molar-refractivity contribution >= 4 is 27.7 Å². The van der Waals surface area contributed by atoms with Crippen LogP contribution >= 0.6 is 0 Å². The van der Waals surface area contributed by atoms with Gasteiger partial charge in [0.05, 0.1) is 4.90 Å². The van der Waals surface area contributed by atoms with Crippen LogP contribution in [0.3, 0.4) is 0 Å². The maximum Gasteiger partial charge on any atom is 0.243 e. The van der Waals surface area contributed by atoms with Gasteiger partial charge in [-0.2, -0.15) is 4.31 Å². The molecule has 1 aliphatic heterocycles. The lowest BCUT2D eigenvalue weighted by Gasteiger charge is -2.39. The fraction of sp³-hybridized carbons (Fsp3) is 0.591. The smallest absolute Gasteiger partial charge is 0.243 e. The number of piperazine rings is 1. The topological polar surface area (TPSA) is 130 Å². The van der Waals surface area contributed by atoms with Crippen molar-refractivity contribution in [3.63, 3.8) is 0 Å². The summed E-state index contributed by atoms with van der Waals surface area (Å²) < 4.78 is 27.7. The zero-order valence-corrected chi connectivity index (χ0v) is 19.2. The molecule has 0 spiro atoms. The standard InChI is InChI=1S/C22H32N4O5S/c1-16(27)25-12-13-26(32(30,31)18-10-6-3-7-11-18)20(15-25)22(29)24-19(21(23)28)14-17-8-4-2-5-9-17/h3,6-7,10-11,17,19-20H,2,4-5,8-9,12-15H2,1H3,(H2,23,28)(H,24,29). The van der Waals surface area contributed by atoms with Gasteiger partial charge in [0.1, 0.15) is 12.1 Å². The van der Waals surface area contributed by atoms with E-state index in [2.05, 4.69) is 5.32 Å². The average Bonchev–Trinajstić information content (AvgIpc) is 2.79. The molecule has 1 saturated heterocycles. The van der Waals surface area contributed by atoms with Gasteiger partial charge in [-0.3, -0.25) is 14.4 Å². The van der Waals surface area contributed by atoms with E-state index in [4.69, 9.17) is 5.73 Å².